The number of rotatable bonds is 7. The highest BCUT2D eigenvalue weighted by molar-refractivity contribution is 7.89. The predicted octanol–water partition coefficient (Wildman–Crippen LogP) is 1.83. The number of carbonyl (C=O) groups excluding carboxylic acids is 1. The monoisotopic (exact) mass is 408 g/mol. The zero-order chi connectivity index (χ0) is 20.1. The lowest BCUT2D eigenvalue weighted by Crippen LogP contribution is -2.50. The van der Waals surface area contributed by atoms with Gasteiger partial charge in [-0.1, -0.05) is 12.8 Å². The summed E-state index contributed by atoms with van der Waals surface area (Å²) < 4.78 is 25.3. The smallest absolute Gasteiger partial charge is 0.242 e. The molecular weight excluding hydrogens is 376 g/mol. The van der Waals surface area contributed by atoms with Crippen molar-refractivity contribution in [3.05, 3.63) is 24.3 Å². The van der Waals surface area contributed by atoms with Crippen LogP contribution in [0.25, 0.3) is 0 Å². The molecule has 1 heterocycles. The van der Waals surface area contributed by atoms with Crippen LogP contribution < -0.4 is 5.32 Å². The van der Waals surface area contributed by atoms with Gasteiger partial charge in [0.05, 0.1) is 4.90 Å². The number of hydrogen-bond acceptors (Lipinski definition) is 5. The number of nitrogens with zero attached hydrogens (tertiary/aromatic N) is 3. The minimum absolute atomic E-state index is 0.0403. The van der Waals surface area contributed by atoms with E-state index in [0.717, 1.165) is 38.8 Å². The molecule has 0 atom stereocenters. The molecule has 2 aliphatic rings. The van der Waals surface area contributed by atoms with Gasteiger partial charge in [-0.25, -0.2) is 12.7 Å². The average molecular weight is 409 g/mol. The zero-order valence-corrected chi connectivity index (χ0v) is 17.7. The standard InChI is InChI=1S/C20H32N4O3S/c1-22(2)28(26,27)19-9-7-17(8-10-19)21-20(25)11-12-23-13-15-24(16-14-23)18-5-3-4-6-18/h7-10,18H,3-6,11-16H2,1-2H3,(H,21,25). The minimum Gasteiger partial charge on any atom is -0.326 e. The summed E-state index contributed by atoms with van der Waals surface area (Å²) in [5.41, 5.74) is 0.619. The largest absolute Gasteiger partial charge is 0.326 e. The maximum absolute atomic E-state index is 12.2. The molecule has 28 heavy (non-hydrogen) atoms. The van der Waals surface area contributed by atoms with E-state index in [2.05, 4.69) is 15.1 Å². The van der Waals surface area contributed by atoms with Crippen molar-refractivity contribution in [1.82, 2.24) is 14.1 Å². The maximum atomic E-state index is 12.2. The molecule has 1 aliphatic carbocycles. The van der Waals surface area contributed by atoms with Gasteiger partial charge in [0.2, 0.25) is 15.9 Å². The number of amides is 1. The van der Waals surface area contributed by atoms with Crippen molar-refractivity contribution in [3.8, 4) is 0 Å². The third-order valence-corrected chi connectivity index (χ3v) is 7.65. The first-order chi connectivity index (χ1) is 13.4. The van der Waals surface area contributed by atoms with Gasteiger partial charge in [-0.2, -0.15) is 0 Å². The first kappa shape index (κ1) is 21.2. The highest BCUT2D eigenvalue weighted by atomic mass is 32.2. The lowest BCUT2D eigenvalue weighted by molar-refractivity contribution is -0.116. The van der Waals surface area contributed by atoms with Crippen LogP contribution in [0.4, 0.5) is 5.69 Å². The molecule has 1 aromatic rings. The Morgan fingerprint density at radius 2 is 1.68 bits per heavy atom. The second-order valence-electron chi connectivity index (χ2n) is 7.93. The van der Waals surface area contributed by atoms with Crippen molar-refractivity contribution in [2.45, 2.75) is 43.0 Å². The van der Waals surface area contributed by atoms with Crippen LogP contribution in [0.3, 0.4) is 0 Å². The van der Waals surface area contributed by atoms with E-state index in [4.69, 9.17) is 0 Å². The van der Waals surface area contributed by atoms with E-state index in [-0.39, 0.29) is 10.8 Å². The van der Waals surface area contributed by atoms with Gasteiger partial charge in [0.15, 0.2) is 0 Å². The van der Waals surface area contributed by atoms with Crippen molar-refractivity contribution >= 4 is 21.6 Å². The predicted molar refractivity (Wildman–Crippen MR) is 111 cm³/mol. The molecule has 0 bridgehead atoms. The molecule has 1 saturated heterocycles. The summed E-state index contributed by atoms with van der Waals surface area (Å²) in [6, 6.07) is 7.09. The number of carbonyl (C=O) groups is 1. The van der Waals surface area contributed by atoms with Crippen LogP contribution in [0.2, 0.25) is 0 Å². The minimum atomic E-state index is -3.45. The Morgan fingerprint density at radius 3 is 2.25 bits per heavy atom. The normalized spacial score (nSPS) is 20.0. The highest BCUT2D eigenvalue weighted by Crippen LogP contribution is 2.24. The third-order valence-electron chi connectivity index (χ3n) is 5.82. The van der Waals surface area contributed by atoms with E-state index in [1.54, 1.807) is 12.1 Å². The summed E-state index contributed by atoms with van der Waals surface area (Å²) in [5, 5.41) is 2.86. The maximum Gasteiger partial charge on any atom is 0.242 e. The van der Waals surface area contributed by atoms with Crippen LogP contribution in [0, 0.1) is 0 Å². The summed E-state index contributed by atoms with van der Waals surface area (Å²) >= 11 is 0. The summed E-state index contributed by atoms with van der Waals surface area (Å²) in [4.78, 5) is 17.4. The molecule has 1 N–H and O–H groups in total. The van der Waals surface area contributed by atoms with E-state index in [1.165, 1.54) is 56.2 Å². The molecule has 1 aromatic carbocycles. The fourth-order valence-electron chi connectivity index (χ4n) is 4.03. The molecule has 1 amide bonds. The fourth-order valence-corrected chi connectivity index (χ4v) is 4.93. The number of hydrogen-bond donors (Lipinski definition) is 1. The van der Waals surface area contributed by atoms with Gasteiger partial charge in [-0.05, 0) is 37.1 Å². The van der Waals surface area contributed by atoms with Crippen LogP contribution in [0.1, 0.15) is 32.1 Å². The lowest BCUT2D eigenvalue weighted by atomic mass is 10.2. The molecule has 3 rings (SSSR count). The van der Waals surface area contributed by atoms with Crippen molar-refractivity contribution in [2.75, 3.05) is 52.1 Å². The van der Waals surface area contributed by atoms with Gasteiger partial charge in [-0.3, -0.25) is 9.69 Å². The fraction of sp³-hybridized carbons (Fsp3) is 0.650. The van der Waals surface area contributed by atoms with Gasteiger partial charge in [0, 0.05) is 65.0 Å². The van der Waals surface area contributed by atoms with Crippen molar-refractivity contribution in [2.24, 2.45) is 0 Å². The molecule has 2 fully saturated rings. The van der Waals surface area contributed by atoms with Gasteiger partial charge >= 0.3 is 0 Å². The summed E-state index contributed by atoms with van der Waals surface area (Å²) in [6.45, 7) is 5.03. The molecule has 0 radical (unpaired) electrons. The van der Waals surface area contributed by atoms with Crippen molar-refractivity contribution < 1.29 is 13.2 Å². The molecule has 8 heteroatoms. The van der Waals surface area contributed by atoms with Crippen LogP contribution in [-0.2, 0) is 14.8 Å². The topological polar surface area (TPSA) is 73.0 Å². The average Bonchev–Trinajstić information content (AvgIpc) is 3.22. The Labute approximate surface area is 168 Å². The van der Waals surface area contributed by atoms with E-state index in [0.29, 0.717) is 12.1 Å². The highest BCUT2D eigenvalue weighted by Gasteiger charge is 2.26. The SMILES string of the molecule is CN(C)S(=O)(=O)c1ccc(NC(=O)CCN2CCN(C3CCCC3)CC2)cc1. The summed E-state index contributed by atoms with van der Waals surface area (Å²) in [5.74, 6) is -0.0403. The van der Waals surface area contributed by atoms with Crippen molar-refractivity contribution in [3.63, 3.8) is 0 Å². The first-order valence-corrected chi connectivity index (χ1v) is 11.6. The molecule has 0 spiro atoms. The Balaban J connectivity index is 1.41. The molecular formula is C20H32N4O3S. The van der Waals surface area contributed by atoms with Crippen LogP contribution in [0.5, 0.6) is 0 Å². The van der Waals surface area contributed by atoms with E-state index in [9.17, 15) is 13.2 Å². The Kier molecular flexibility index (Phi) is 7.09. The summed E-state index contributed by atoms with van der Waals surface area (Å²) in [6.07, 6.45) is 5.87. The van der Waals surface area contributed by atoms with E-state index < -0.39 is 10.0 Å². The number of benzene rings is 1. The van der Waals surface area contributed by atoms with Crippen LogP contribution in [0.15, 0.2) is 29.2 Å². The summed E-state index contributed by atoms with van der Waals surface area (Å²) in [7, 11) is -0.451. The van der Waals surface area contributed by atoms with E-state index >= 15 is 0 Å². The number of nitrogens with one attached hydrogen (secondary N) is 1. The van der Waals surface area contributed by atoms with Gasteiger partial charge in [-0.15, -0.1) is 0 Å². The molecule has 1 aliphatic heterocycles. The Bertz CT molecular complexity index is 750. The second-order valence-corrected chi connectivity index (χ2v) is 10.1. The molecule has 7 nitrogen and oxygen atoms in total. The third kappa shape index (κ3) is 5.31. The molecule has 0 aromatic heterocycles. The van der Waals surface area contributed by atoms with Crippen LogP contribution in [-0.4, -0.2) is 81.3 Å². The van der Waals surface area contributed by atoms with Crippen molar-refractivity contribution in [1.29, 1.82) is 0 Å². The van der Waals surface area contributed by atoms with Gasteiger partial charge in [0.25, 0.3) is 0 Å². The molecule has 0 unspecified atom stereocenters. The number of piperazine rings is 1. The van der Waals surface area contributed by atoms with E-state index in [1.807, 2.05) is 0 Å². The Hall–Kier alpha value is -1.48. The zero-order valence-electron chi connectivity index (χ0n) is 16.9. The molecule has 156 valence electrons. The first-order valence-electron chi connectivity index (χ1n) is 10.1. The lowest BCUT2D eigenvalue weighted by Gasteiger charge is -2.38. The Morgan fingerprint density at radius 1 is 1.07 bits per heavy atom. The van der Waals surface area contributed by atoms with Crippen LogP contribution >= 0.6 is 0 Å². The van der Waals surface area contributed by atoms with Gasteiger partial charge in [0.1, 0.15) is 0 Å². The molecule has 1 saturated carbocycles. The number of anilines is 1. The quantitative estimate of drug-likeness (QED) is 0.745. The number of sulfonamides is 1. The van der Waals surface area contributed by atoms with Gasteiger partial charge < -0.3 is 10.2 Å². The second kappa shape index (κ2) is 9.35.